The molecular formula is C58H41N. The Morgan fingerprint density at radius 3 is 1.36 bits per heavy atom. The first kappa shape index (κ1) is 33.9. The number of hydrogen-bond donors (Lipinski definition) is 0. The quantitative estimate of drug-likeness (QED) is 0.169. The van der Waals surface area contributed by atoms with E-state index in [1.807, 2.05) is 0 Å². The van der Waals surface area contributed by atoms with Crippen LogP contribution >= 0.6 is 0 Å². The standard InChI is InChI=1S/C58H41N/c1-57(2)51-29-10-6-23-45(51)49-34-33-43(37-55(49)57)59(41-21-14-19-39(35-41)38-17-4-3-5-18-38)42-22-15-20-40(36-42)44-27-16-28-50-48-26-9-13-32-54(48)58(56(44)50)52-30-11-7-24-46(52)47-25-8-12-31-53(47)58/h3-37H,1-2H3. The predicted octanol–water partition coefficient (Wildman–Crippen LogP) is 15.1. The topological polar surface area (TPSA) is 3.24 Å². The van der Waals surface area contributed by atoms with E-state index in [9.17, 15) is 0 Å². The second-order valence-corrected chi connectivity index (χ2v) is 16.8. The summed E-state index contributed by atoms with van der Waals surface area (Å²) >= 11 is 0. The number of nitrogens with zero attached hydrogens (tertiary/aromatic N) is 1. The Morgan fingerprint density at radius 2 is 0.712 bits per heavy atom. The summed E-state index contributed by atoms with van der Waals surface area (Å²) in [5, 5.41) is 0. The van der Waals surface area contributed by atoms with Gasteiger partial charge in [0.25, 0.3) is 0 Å². The minimum Gasteiger partial charge on any atom is -0.310 e. The fraction of sp³-hybridized carbons (Fsp3) is 0.0690. The molecule has 59 heavy (non-hydrogen) atoms. The van der Waals surface area contributed by atoms with Crippen molar-refractivity contribution >= 4 is 17.1 Å². The molecule has 1 spiro atoms. The van der Waals surface area contributed by atoms with Crippen LogP contribution in [0.5, 0.6) is 0 Å². The van der Waals surface area contributed by atoms with Gasteiger partial charge < -0.3 is 4.90 Å². The molecule has 0 unspecified atom stereocenters. The highest BCUT2D eigenvalue weighted by Gasteiger charge is 2.52. The van der Waals surface area contributed by atoms with Gasteiger partial charge >= 0.3 is 0 Å². The van der Waals surface area contributed by atoms with Gasteiger partial charge in [-0.15, -0.1) is 0 Å². The molecule has 0 bridgehead atoms. The van der Waals surface area contributed by atoms with Crippen LogP contribution in [0.4, 0.5) is 17.1 Å². The molecule has 0 atom stereocenters. The molecule has 0 amide bonds. The van der Waals surface area contributed by atoms with Crippen molar-refractivity contribution in [3.8, 4) is 55.6 Å². The Balaban J connectivity index is 1.08. The van der Waals surface area contributed by atoms with E-state index in [2.05, 4.69) is 231 Å². The highest BCUT2D eigenvalue weighted by Crippen LogP contribution is 2.64. The minimum absolute atomic E-state index is 0.122. The highest BCUT2D eigenvalue weighted by molar-refractivity contribution is 5.99. The lowest BCUT2D eigenvalue weighted by molar-refractivity contribution is 0.660. The summed E-state index contributed by atoms with van der Waals surface area (Å²) in [6, 6.07) is 79.2. The monoisotopic (exact) mass is 751 g/mol. The average Bonchev–Trinajstić information content (AvgIpc) is 3.86. The first-order chi connectivity index (χ1) is 29.0. The van der Waals surface area contributed by atoms with E-state index in [4.69, 9.17) is 0 Å². The van der Waals surface area contributed by atoms with Crippen LogP contribution in [0.25, 0.3) is 55.6 Å². The minimum atomic E-state index is -0.435. The summed E-state index contributed by atoms with van der Waals surface area (Å²) in [7, 11) is 0. The molecule has 0 N–H and O–H groups in total. The van der Waals surface area contributed by atoms with Gasteiger partial charge in [-0.1, -0.05) is 190 Å². The van der Waals surface area contributed by atoms with E-state index in [0.29, 0.717) is 0 Å². The fourth-order valence-corrected chi connectivity index (χ4v) is 10.9. The Kier molecular flexibility index (Phi) is 7.26. The normalized spacial score (nSPS) is 14.2. The molecule has 0 fully saturated rings. The highest BCUT2D eigenvalue weighted by atomic mass is 15.1. The average molecular weight is 752 g/mol. The van der Waals surface area contributed by atoms with Crippen molar-refractivity contribution in [3.63, 3.8) is 0 Å². The summed E-state index contributed by atoms with van der Waals surface area (Å²) in [6.07, 6.45) is 0. The lowest BCUT2D eigenvalue weighted by atomic mass is 9.68. The molecule has 3 aliphatic carbocycles. The Bertz CT molecular complexity index is 3090. The summed E-state index contributed by atoms with van der Waals surface area (Å²) < 4.78 is 0. The maximum Gasteiger partial charge on any atom is 0.0731 e. The number of hydrogen-bond acceptors (Lipinski definition) is 1. The van der Waals surface area contributed by atoms with Crippen molar-refractivity contribution in [2.24, 2.45) is 0 Å². The summed E-state index contributed by atoms with van der Waals surface area (Å²) in [4.78, 5) is 2.46. The lowest BCUT2D eigenvalue weighted by Gasteiger charge is -2.32. The maximum atomic E-state index is 2.46. The van der Waals surface area contributed by atoms with Crippen LogP contribution in [-0.4, -0.2) is 0 Å². The van der Waals surface area contributed by atoms with Crippen LogP contribution in [0, 0.1) is 0 Å². The first-order valence-corrected chi connectivity index (χ1v) is 20.8. The first-order valence-electron chi connectivity index (χ1n) is 20.8. The van der Waals surface area contributed by atoms with Crippen LogP contribution < -0.4 is 4.90 Å². The summed E-state index contributed by atoms with van der Waals surface area (Å²) in [6.45, 7) is 4.73. The number of fused-ring (bicyclic) bond motifs is 13. The van der Waals surface area contributed by atoms with Gasteiger partial charge in [-0.3, -0.25) is 0 Å². The van der Waals surface area contributed by atoms with Gasteiger partial charge in [0.15, 0.2) is 0 Å². The van der Waals surface area contributed by atoms with Crippen LogP contribution in [0.15, 0.2) is 212 Å². The van der Waals surface area contributed by atoms with Crippen molar-refractivity contribution in [2.75, 3.05) is 4.90 Å². The number of benzene rings is 9. The molecular weight excluding hydrogens is 711 g/mol. The zero-order valence-electron chi connectivity index (χ0n) is 33.2. The van der Waals surface area contributed by atoms with Crippen molar-refractivity contribution < 1.29 is 0 Å². The number of rotatable bonds is 5. The molecule has 0 saturated carbocycles. The molecule has 1 nitrogen and oxygen atoms in total. The van der Waals surface area contributed by atoms with Crippen molar-refractivity contribution in [1.82, 2.24) is 0 Å². The van der Waals surface area contributed by atoms with E-state index in [-0.39, 0.29) is 5.41 Å². The third kappa shape index (κ3) is 4.73. The van der Waals surface area contributed by atoms with E-state index < -0.39 is 5.41 Å². The van der Waals surface area contributed by atoms with Crippen LogP contribution in [0.2, 0.25) is 0 Å². The molecule has 0 heterocycles. The van der Waals surface area contributed by atoms with Crippen LogP contribution in [-0.2, 0) is 10.8 Å². The third-order valence-corrected chi connectivity index (χ3v) is 13.5. The Hall–Kier alpha value is -7.22. The van der Waals surface area contributed by atoms with Gasteiger partial charge in [-0.05, 0) is 125 Å². The molecule has 9 aromatic carbocycles. The van der Waals surface area contributed by atoms with Crippen molar-refractivity contribution in [2.45, 2.75) is 24.7 Å². The molecule has 0 saturated heterocycles. The molecule has 0 aromatic heterocycles. The van der Waals surface area contributed by atoms with Gasteiger partial charge in [-0.25, -0.2) is 0 Å². The van der Waals surface area contributed by atoms with Gasteiger partial charge in [0, 0.05) is 22.5 Å². The molecule has 9 aromatic rings. The zero-order valence-corrected chi connectivity index (χ0v) is 33.2. The summed E-state index contributed by atoms with van der Waals surface area (Å²) in [5.74, 6) is 0. The second-order valence-electron chi connectivity index (χ2n) is 16.8. The van der Waals surface area contributed by atoms with Gasteiger partial charge in [0.05, 0.1) is 5.41 Å². The summed E-state index contributed by atoms with van der Waals surface area (Å²) in [5.41, 5.74) is 23.8. The molecule has 3 aliphatic rings. The maximum absolute atomic E-state index is 2.46. The van der Waals surface area contributed by atoms with Crippen molar-refractivity contribution in [3.05, 3.63) is 246 Å². The van der Waals surface area contributed by atoms with E-state index in [1.165, 1.54) is 89.0 Å². The van der Waals surface area contributed by atoms with E-state index in [0.717, 1.165) is 17.1 Å². The SMILES string of the molecule is CC1(C)c2ccccc2-c2ccc(N(c3cccc(-c4ccccc4)c3)c3cccc(-c4cccc5c4C4(c6ccccc6-c6ccccc64)c4ccccc4-5)c3)cc21. The largest absolute Gasteiger partial charge is 0.310 e. The van der Waals surface area contributed by atoms with Crippen LogP contribution in [0.3, 0.4) is 0 Å². The molecule has 0 aliphatic heterocycles. The smallest absolute Gasteiger partial charge is 0.0731 e. The zero-order chi connectivity index (χ0) is 39.3. The van der Waals surface area contributed by atoms with Gasteiger partial charge in [-0.2, -0.15) is 0 Å². The lowest BCUT2D eigenvalue weighted by Crippen LogP contribution is -2.26. The van der Waals surface area contributed by atoms with E-state index in [1.54, 1.807) is 0 Å². The van der Waals surface area contributed by atoms with Gasteiger partial charge in [0.2, 0.25) is 0 Å². The molecule has 12 rings (SSSR count). The predicted molar refractivity (Wildman–Crippen MR) is 246 cm³/mol. The molecule has 1 heteroatoms. The van der Waals surface area contributed by atoms with Crippen LogP contribution in [0.1, 0.15) is 47.2 Å². The van der Waals surface area contributed by atoms with Gasteiger partial charge in [0.1, 0.15) is 0 Å². The Morgan fingerprint density at radius 1 is 0.288 bits per heavy atom. The number of anilines is 3. The van der Waals surface area contributed by atoms with E-state index >= 15 is 0 Å². The fourth-order valence-electron chi connectivity index (χ4n) is 10.9. The van der Waals surface area contributed by atoms with Crippen molar-refractivity contribution in [1.29, 1.82) is 0 Å². The molecule has 278 valence electrons. The molecule has 0 radical (unpaired) electrons. The Labute approximate surface area is 346 Å². The second kappa shape index (κ2) is 12.6. The third-order valence-electron chi connectivity index (χ3n) is 13.5.